The number of hydrogen-bond acceptors (Lipinski definition) is 5. The molecule has 1 saturated heterocycles. The Balaban J connectivity index is 1.14. The summed E-state index contributed by atoms with van der Waals surface area (Å²) < 4.78 is 47.7. The van der Waals surface area contributed by atoms with Gasteiger partial charge in [-0.05, 0) is 97.5 Å². The SMILES string of the molecule is O=C(C=Cc1cccc(C(F)(F)F)c1)N(CC(c1ccccc1)c1ccccc1)[C@@H]1CC[C@@]2(O)[C@H]3Cc4ccc(O)c5c4[C@@]2(CCN3CC2CC2)[C@H]1O5. The maximum Gasteiger partial charge on any atom is 0.416 e. The molecule has 5 atom stereocenters. The normalized spacial score (nSPS) is 27.5. The fraction of sp³-hybridized carbons (Fsp3) is 0.386. The molecule has 3 aliphatic carbocycles. The largest absolute Gasteiger partial charge is 0.504 e. The molecular formula is C44H43F3N2O4. The molecule has 2 heterocycles. The van der Waals surface area contributed by atoms with Crippen molar-refractivity contribution in [2.75, 3.05) is 19.6 Å². The Labute approximate surface area is 307 Å². The molecule has 4 aromatic carbocycles. The predicted molar refractivity (Wildman–Crippen MR) is 195 cm³/mol. The minimum Gasteiger partial charge on any atom is -0.504 e. The first kappa shape index (κ1) is 34.2. The zero-order valence-corrected chi connectivity index (χ0v) is 29.4. The highest BCUT2D eigenvalue weighted by Crippen LogP contribution is 2.66. The lowest BCUT2D eigenvalue weighted by Crippen LogP contribution is -2.78. The number of likely N-dealkylation sites (tertiary alicyclic amines) is 1. The number of phenolic OH excluding ortho intramolecular Hbond substituents is 1. The second kappa shape index (κ2) is 12.8. The van der Waals surface area contributed by atoms with E-state index in [9.17, 15) is 28.2 Å². The van der Waals surface area contributed by atoms with Crippen LogP contribution in [0.2, 0.25) is 0 Å². The summed E-state index contributed by atoms with van der Waals surface area (Å²) in [7, 11) is 0. The number of benzene rings is 4. The number of alkyl halides is 3. The molecule has 2 N–H and O–H groups in total. The van der Waals surface area contributed by atoms with Crippen LogP contribution in [0.5, 0.6) is 11.5 Å². The Morgan fingerprint density at radius 2 is 1.66 bits per heavy atom. The van der Waals surface area contributed by atoms with Gasteiger partial charge in [0.15, 0.2) is 11.5 Å². The fourth-order valence-corrected chi connectivity index (χ4v) is 10.2. The zero-order chi connectivity index (χ0) is 36.5. The van der Waals surface area contributed by atoms with Crippen molar-refractivity contribution in [3.63, 3.8) is 0 Å². The summed E-state index contributed by atoms with van der Waals surface area (Å²) in [5.41, 5.74) is 1.50. The van der Waals surface area contributed by atoms with Crippen LogP contribution in [0.4, 0.5) is 13.2 Å². The highest BCUT2D eigenvalue weighted by molar-refractivity contribution is 5.92. The number of hydrogen-bond donors (Lipinski definition) is 2. The second-order valence-corrected chi connectivity index (χ2v) is 15.7. The minimum atomic E-state index is -4.51. The van der Waals surface area contributed by atoms with Gasteiger partial charge in [0.1, 0.15) is 6.10 Å². The van der Waals surface area contributed by atoms with Gasteiger partial charge in [0.2, 0.25) is 5.91 Å². The standard InChI is InChI=1S/C44H43F3N2O4/c45-44(46,47)33-13-7-8-28(24-33)16-19-38(51)49(27-34(30-9-3-1-4-10-30)31-11-5-2-6-12-31)35-20-21-43(52)37-25-32-17-18-36(50)40-39(32)42(43,41(35)53-40)22-23-48(37)26-29-14-15-29/h1-13,16-19,24,29,34-35,37,41,50,52H,14-15,20-23,25-27H2/t35-,37-,41+,42+,43-/m1/s1. The quantitative estimate of drug-likeness (QED) is 0.173. The van der Waals surface area contributed by atoms with Crippen LogP contribution in [0.3, 0.4) is 0 Å². The van der Waals surface area contributed by atoms with Crippen LogP contribution < -0.4 is 4.74 Å². The number of halogens is 3. The zero-order valence-electron chi connectivity index (χ0n) is 29.4. The Hall–Kier alpha value is -4.60. The lowest BCUT2D eigenvalue weighted by molar-refractivity contribution is -0.201. The van der Waals surface area contributed by atoms with Gasteiger partial charge < -0.3 is 19.8 Å². The first-order valence-corrected chi connectivity index (χ1v) is 18.8. The van der Waals surface area contributed by atoms with Crippen LogP contribution >= 0.6 is 0 Å². The molecule has 2 bridgehead atoms. The van der Waals surface area contributed by atoms with Gasteiger partial charge in [-0.2, -0.15) is 13.2 Å². The topological polar surface area (TPSA) is 73.2 Å². The molecule has 1 spiro atoms. The van der Waals surface area contributed by atoms with E-state index in [-0.39, 0.29) is 35.7 Å². The van der Waals surface area contributed by atoms with Gasteiger partial charge in [-0.25, -0.2) is 0 Å². The Bertz CT molecular complexity index is 2010. The fourth-order valence-electron chi connectivity index (χ4n) is 10.2. The van der Waals surface area contributed by atoms with Crippen LogP contribution in [-0.2, 0) is 22.8 Å². The van der Waals surface area contributed by atoms with Gasteiger partial charge in [0.05, 0.1) is 22.6 Å². The number of rotatable bonds is 9. The average Bonchev–Trinajstić information content (AvgIpc) is 3.91. The summed E-state index contributed by atoms with van der Waals surface area (Å²) in [6, 6.07) is 28.0. The summed E-state index contributed by atoms with van der Waals surface area (Å²) in [5.74, 6) is 0.506. The third-order valence-electron chi connectivity index (χ3n) is 12.8. The van der Waals surface area contributed by atoms with E-state index in [1.54, 1.807) is 12.1 Å². The molecule has 9 rings (SSSR count). The predicted octanol–water partition coefficient (Wildman–Crippen LogP) is 7.72. The first-order chi connectivity index (χ1) is 25.6. The molecule has 5 aliphatic rings. The molecule has 1 amide bonds. The van der Waals surface area contributed by atoms with Gasteiger partial charge in [-0.1, -0.05) is 78.9 Å². The first-order valence-electron chi connectivity index (χ1n) is 18.8. The summed E-state index contributed by atoms with van der Waals surface area (Å²) in [6.07, 6.45) is 2.28. The van der Waals surface area contributed by atoms with Crippen molar-refractivity contribution >= 4 is 12.0 Å². The second-order valence-electron chi connectivity index (χ2n) is 15.7. The number of ether oxygens (including phenoxy) is 1. The van der Waals surface area contributed by atoms with Crippen molar-refractivity contribution in [3.8, 4) is 11.5 Å². The third-order valence-corrected chi connectivity index (χ3v) is 12.8. The van der Waals surface area contributed by atoms with Gasteiger partial charge in [-0.15, -0.1) is 0 Å². The van der Waals surface area contributed by atoms with E-state index < -0.39 is 34.9 Å². The van der Waals surface area contributed by atoms with E-state index in [0.29, 0.717) is 37.4 Å². The van der Waals surface area contributed by atoms with Gasteiger partial charge in [0, 0.05) is 36.7 Å². The van der Waals surface area contributed by atoms with Crippen molar-refractivity contribution in [1.82, 2.24) is 9.80 Å². The van der Waals surface area contributed by atoms with E-state index in [4.69, 9.17) is 4.74 Å². The molecule has 3 fully saturated rings. The van der Waals surface area contributed by atoms with Gasteiger partial charge in [-0.3, -0.25) is 9.69 Å². The smallest absolute Gasteiger partial charge is 0.416 e. The number of nitrogens with zero attached hydrogens (tertiary/aromatic N) is 2. The number of amides is 1. The molecule has 0 aromatic heterocycles. The number of carbonyl (C=O) groups is 1. The van der Waals surface area contributed by atoms with Crippen LogP contribution in [0.25, 0.3) is 6.08 Å². The van der Waals surface area contributed by atoms with Crippen molar-refractivity contribution in [2.45, 2.75) is 79.8 Å². The van der Waals surface area contributed by atoms with E-state index in [1.807, 2.05) is 71.6 Å². The maximum atomic E-state index is 14.8. The number of phenols is 1. The van der Waals surface area contributed by atoms with Crippen molar-refractivity contribution in [3.05, 3.63) is 137 Å². The molecule has 2 saturated carbocycles. The highest BCUT2D eigenvalue weighted by Gasteiger charge is 2.73. The third kappa shape index (κ3) is 5.66. The average molecular weight is 721 g/mol. The molecule has 9 heteroatoms. The van der Waals surface area contributed by atoms with Crippen LogP contribution in [0, 0.1) is 5.92 Å². The minimum absolute atomic E-state index is 0.0289. The van der Waals surface area contributed by atoms with Crippen LogP contribution in [0.15, 0.2) is 103 Å². The molecule has 2 aliphatic heterocycles. The van der Waals surface area contributed by atoms with E-state index >= 15 is 0 Å². The Morgan fingerprint density at radius 3 is 2.34 bits per heavy atom. The Morgan fingerprint density at radius 1 is 0.943 bits per heavy atom. The van der Waals surface area contributed by atoms with Crippen molar-refractivity contribution < 1.29 is 32.9 Å². The highest BCUT2D eigenvalue weighted by atomic mass is 19.4. The molecule has 274 valence electrons. The number of aliphatic hydroxyl groups is 1. The summed E-state index contributed by atoms with van der Waals surface area (Å²) in [6.45, 7) is 2.01. The van der Waals surface area contributed by atoms with Crippen molar-refractivity contribution in [1.29, 1.82) is 0 Å². The lowest BCUT2D eigenvalue weighted by Gasteiger charge is -2.65. The van der Waals surface area contributed by atoms with Gasteiger partial charge >= 0.3 is 6.18 Å². The van der Waals surface area contributed by atoms with Crippen molar-refractivity contribution in [2.24, 2.45) is 5.92 Å². The number of carbonyl (C=O) groups excluding carboxylic acids is 1. The van der Waals surface area contributed by atoms with E-state index in [0.717, 1.165) is 47.5 Å². The van der Waals surface area contributed by atoms with E-state index in [2.05, 4.69) is 4.90 Å². The number of aromatic hydroxyl groups is 1. The molecule has 6 nitrogen and oxygen atoms in total. The lowest BCUT2D eigenvalue weighted by atomic mass is 9.48. The number of piperidine rings is 1. The molecule has 0 radical (unpaired) electrons. The van der Waals surface area contributed by atoms with Crippen LogP contribution in [-0.4, -0.2) is 69.3 Å². The molecule has 4 aromatic rings. The summed E-state index contributed by atoms with van der Waals surface area (Å²) >= 11 is 0. The van der Waals surface area contributed by atoms with Crippen LogP contribution in [0.1, 0.15) is 71.4 Å². The molecule has 0 unspecified atom stereocenters. The maximum absolute atomic E-state index is 14.8. The monoisotopic (exact) mass is 720 g/mol. The summed E-state index contributed by atoms with van der Waals surface area (Å²) in [4.78, 5) is 19.1. The summed E-state index contributed by atoms with van der Waals surface area (Å²) in [5, 5.41) is 24.4. The van der Waals surface area contributed by atoms with Gasteiger partial charge in [0.25, 0.3) is 0 Å². The molecule has 53 heavy (non-hydrogen) atoms. The molecular weight excluding hydrogens is 677 g/mol. The Kier molecular flexibility index (Phi) is 8.24. The van der Waals surface area contributed by atoms with E-state index in [1.165, 1.54) is 31.1 Å².